The SMILES string of the molecule is CC(C)(N)c1cc(Cl)ccc1[N+](=O)[O-]. The molecule has 0 bridgehead atoms. The zero-order chi connectivity index (χ0) is 10.9. The van der Waals surface area contributed by atoms with Gasteiger partial charge in [-0.3, -0.25) is 10.1 Å². The van der Waals surface area contributed by atoms with Crippen molar-refractivity contribution in [1.29, 1.82) is 0 Å². The molecule has 0 heterocycles. The third-order valence-corrected chi connectivity index (χ3v) is 2.08. The molecule has 76 valence electrons. The number of rotatable bonds is 2. The highest BCUT2D eigenvalue weighted by Gasteiger charge is 2.25. The lowest BCUT2D eigenvalue weighted by Gasteiger charge is -2.18. The van der Waals surface area contributed by atoms with Crippen molar-refractivity contribution in [3.05, 3.63) is 38.9 Å². The van der Waals surface area contributed by atoms with E-state index < -0.39 is 10.5 Å². The van der Waals surface area contributed by atoms with E-state index in [-0.39, 0.29) is 5.69 Å². The summed E-state index contributed by atoms with van der Waals surface area (Å²) < 4.78 is 0. The lowest BCUT2D eigenvalue weighted by molar-refractivity contribution is -0.386. The summed E-state index contributed by atoms with van der Waals surface area (Å²) >= 11 is 5.75. The Hall–Kier alpha value is -1.13. The fourth-order valence-electron chi connectivity index (χ4n) is 1.18. The third-order valence-electron chi connectivity index (χ3n) is 1.85. The lowest BCUT2D eigenvalue weighted by Crippen LogP contribution is -2.29. The predicted octanol–water partition coefficient (Wildman–Crippen LogP) is 2.44. The summed E-state index contributed by atoms with van der Waals surface area (Å²) in [5.74, 6) is 0. The van der Waals surface area contributed by atoms with Crippen LogP contribution in [-0.2, 0) is 5.54 Å². The Morgan fingerprint density at radius 2 is 2.07 bits per heavy atom. The summed E-state index contributed by atoms with van der Waals surface area (Å²) in [6.07, 6.45) is 0. The van der Waals surface area contributed by atoms with E-state index in [0.717, 1.165) is 0 Å². The van der Waals surface area contributed by atoms with Gasteiger partial charge in [-0.2, -0.15) is 0 Å². The predicted molar refractivity (Wildman–Crippen MR) is 55.3 cm³/mol. The Kier molecular flexibility index (Phi) is 2.78. The van der Waals surface area contributed by atoms with Gasteiger partial charge in [0.1, 0.15) is 0 Å². The van der Waals surface area contributed by atoms with E-state index in [1.807, 2.05) is 0 Å². The van der Waals surface area contributed by atoms with Gasteiger partial charge in [-0.05, 0) is 26.0 Å². The maximum absolute atomic E-state index is 10.7. The monoisotopic (exact) mass is 214 g/mol. The number of nitrogens with zero attached hydrogens (tertiary/aromatic N) is 1. The van der Waals surface area contributed by atoms with Gasteiger partial charge < -0.3 is 5.73 Å². The van der Waals surface area contributed by atoms with Gasteiger partial charge in [-0.25, -0.2) is 0 Å². The second-order valence-electron chi connectivity index (χ2n) is 3.64. The van der Waals surface area contributed by atoms with Crippen molar-refractivity contribution < 1.29 is 4.92 Å². The van der Waals surface area contributed by atoms with E-state index in [2.05, 4.69) is 0 Å². The molecule has 0 saturated carbocycles. The molecule has 2 N–H and O–H groups in total. The number of hydrogen-bond donors (Lipinski definition) is 1. The molecule has 1 aromatic rings. The van der Waals surface area contributed by atoms with Crippen molar-refractivity contribution in [2.24, 2.45) is 5.73 Å². The van der Waals surface area contributed by atoms with Crippen molar-refractivity contribution in [1.82, 2.24) is 0 Å². The van der Waals surface area contributed by atoms with Crippen LogP contribution in [0, 0.1) is 10.1 Å². The van der Waals surface area contributed by atoms with Gasteiger partial charge in [0.05, 0.1) is 10.5 Å². The van der Waals surface area contributed by atoms with Gasteiger partial charge in [0, 0.05) is 16.6 Å². The smallest absolute Gasteiger partial charge is 0.274 e. The average Bonchev–Trinajstić information content (AvgIpc) is 2.01. The van der Waals surface area contributed by atoms with E-state index >= 15 is 0 Å². The number of benzene rings is 1. The molecular weight excluding hydrogens is 204 g/mol. The van der Waals surface area contributed by atoms with Gasteiger partial charge in [-0.15, -0.1) is 0 Å². The third kappa shape index (κ3) is 2.21. The summed E-state index contributed by atoms with van der Waals surface area (Å²) in [5.41, 5.74) is 5.47. The van der Waals surface area contributed by atoms with Gasteiger partial charge >= 0.3 is 0 Å². The maximum atomic E-state index is 10.7. The molecule has 1 aromatic carbocycles. The topological polar surface area (TPSA) is 69.2 Å². The van der Waals surface area contributed by atoms with Crippen molar-refractivity contribution in [3.8, 4) is 0 Å². The van der Waals surface area contributed by atoms with Crippen molar-refractivity contribution in [2.45, 2.75) is 19.4 Å². The first kappa shape index (κ1) is 10.9. The highest BCUT2D eigenvalue weighted by Crippen LogP contribution is 2.30. The fourth-order valence-corrected chi connectivity index (χ4v) is 1.36. The second-order valence-corrected chi connectivity index (χ2v) is 4.08. The van der Waals surface area contributed by atoms with Crippen LogP contribution < -0.4 is 5.73 Å². The second kappa shape index (κ2) is 3.55. The number of halogens is 1. The summed E-state index contributed by atoms with van der Waals surface area (Å²) in [4.78, 5) is 10.2. The first-order chi connectivity index (χ1) is 6.32. The molecule has 0 amide bonds. The molecule has 0 radical (unpaired) electrons. The quantitative estimate of drug-likeness (QED) is 0.607. The van der Waals surface area contributed by atoms with Crippen molar-refractivity contribution in [2.75, 3.05) is 0 Å². The molecule has 0 aromatic heterocycles. The maximum Gasteiger partial charge on any atom is 0.274 e. The Morgan fingerprint density at radius 1 is 1.50 bits per heavy atom. The minimum absolute atomic E-state index is 0.00176. The molecule has 14 heavy (non-hydrogen) atoms. The molecule has 0 aliphatic heterocycles. The number of hydrogen-bond acceptors (Lipinski definition) is 3. The fraction of sp³-hybridized carbons (Fsp3) is 0.333. The standard InChI is InChI=1S/C9H11ClN2O2/c1-9(2,11)7-5-6(10)3-4-8(7)12(13)14/h3-5H,11H2,1-2H3. The zero-order valence-electron chi connectivity index (χ0n) is 7.95. The van der Waals surface area contributed by atoms with E-state index in [1.54, 1.807) is 13.8 Å². The molecule has 0 saturated heterocycles. The molecule has 0 aliphatic carbocycles. The van der Waals surface area contributed by atoms with Crippen LogP contribution in [0.2, 0.25) is 5.02 Å². The van der Waals surface area contributed by atoms with Crippen LogP contribution in [-0.4, -0.2) is 4.92 Å². The minimum atomic E-state index is -0.771. The molecule has 0 spiro atoms. The van der Waals surface area contributed by atoms with Crippen LogP contribution in [0.4, 0.5) is 5.69 Å². The van der Waals surface area contributed by atoms with E-state index in [1.165, 1.54) is 18.2 Å². The van der Waals surface area contributed by atoms with Crippen molar-refractivity contribution in [3.63, 3.8) is 0 Å². The first-order valence-electron chi connectivity index (χ1n) is 4.05. The van der Waals surface area contributed by atoms with Crippen molar-refractivity contribution >= 4 is 17.3 Å². The normalized spacial score (nSPS) is 11.4. The highest BCUT2D eigenvalue weighted by molar-refractivity contribution is 6.30. The Morgan fingerprint density at radius 3 is 2.50 bits per heavy atom. The summed E-state index contributed by atoms with van der Waals surface area (Å²) in [5, 5.41) is 11.1. The largest absolute Gasteiger partial charge is 0.322 e. The van der Waals surface area contributed by atoms with Gasteiger partial charge in [0.15, 0.2) is 0 Å². The van der Waals surface area contributed by atoms with E-state index in [4.69, 9.17) is 17.3 Å². The first-order valence-corrected chi connectivity index (χ1v) is 4.43. The molecular formula is C9H11ClN2O2. The van der Waals surface area contributed by atoms with Gasteiger partial charge in [0.25, 0.3) is 5.69 Å². The molecule has 4 nitrogen and oxygen atoms in total. The van der Waals surface area contributed by atoms with Crippen LogP contribution >= 0.6 is 11.6 Å². The summed E-state index contributed by atoms with van der Waals surface area (Å²) in [7, 11) is 0. The molecule has 0 fully saturated rings. The van der Waals surface area contributed by atoms with Crippen LogP contribution in [0.3, 0.4) is 0 Å². The van der Waals surface area contributed by atoms with Crippen LogP contribution in [0.5, 0.6) is 0 Å². The van der Waals surface area contributed by atoms with E-state index in [0.29, 0.717) is 10.6 Å². The van der Waals surface area contributed by atoms with Crippen LogP contribution in [0.15, 0.2) is 18.2 Å². The van der Waals surface area contributed by atoms with Gasteiger partial charge in [-0.1, -0.05) is 11.6 Å². The molecule has 0 atom stereocenters. The van der Waals surface area contributed by atoms with E-state index in [9.17, 15) is 10.1 Å². The molecule has 0 aliphatic rings. The number of nitro benzene ring substituents is 1. The number of nitrogens with two attached hydrogens (primary N) is 1. The summed E-state index contributed by atoms with van der Waals surface area (Å²) in [6.45, 7) is 3.40. The lowest BCUT2D eigenvalue weighted by atomic mass is 9.94. The highest BCUT2D eigenvalue weighted by atomic mass is 35.5. The summed E-state index contributed by atoms with van der Waals surface area (Å²) in [6, 6.07) is 4.38. The van der Waals surface area contributed by atoms with Crippen LogP contribution in [0.25, 0.3) is 0 Å². The van der Waals surface area contributed by atoms with Crippen LogP contribution in [0.1, 0.15) is 19.4 Å². The minimum Gasteiger partial charge on any atom is -0.322 e. The number of nitro groups is 1. The Bertz CT molecular complexity index is 372. The Labute approximate surface area is 86.8 Å². The molecule has 0 unspecified atom stereocenters. The van der Waals surface area contributed by atoms with Gasteiger partial charge in [0.2, 0.25) is 0 Å². The average molecular weight is 215 g/mol. The zero-order valence-corrected chi connectivity index (χ0v) is 8.71. The molecule has 5 heteroatoms. The Balaban J connectivity index is 3.38. The molecule has 1 rings (SSSR count).